The van der Waals surface area contributed by atoms with Gasteiger partial charge in [0.15, 0.2) is 0 Å². The first-order chi connectivity index (χ1) is 19.7. The van der Waals surface area contributed by atoms with Gasteiger partial charge in [0.25, 0.3) is 0 Å². The number of aromatic amines is 1. The highest BCUT2D eigenvalue weighted by atomic mass is 16.4. The maximum atomic E-state index is 13.3. The summed E-state index contributed by atoms with van der Waals surface area (Å²) in [6.07, 6.45) is 3.21. The molecule has 0 bridgehead atoms. The van der Waals surface area contributed by atoms with Gasteiger partial charge in [-0.3, -0.25) is 14.4 Å². The first-order valence-electron chi connectivity index (χ1n) is 13.5. The van der Waals surface area contributed by atoms with Gasteiger partial charge in [-0.1, -0.05) is 48.5 Å². The van der Waals surface area contributed by atoms with Crippen LogP contribution in [0.1, 0.15) is 30.4 Å². The number of aromatic nitrogens is 1. The van der Waals surface area contributed by atoms with Gasteiger partial charge in [-0.25, -0.2) is 4.79 Å². The Labute approximate surface area is 237 Å². The number of amides is 3. The number of carboxylic acid groups (broad SMARTS) is 1. The molecular weight excluding hydrogens is 528 g/mol. The van der Waals surface area contributed by atoms with Gasteiger partial charge in [-0.2, -0.15) is 0 Å². The van der Waals surface area contributed by atoms with E-state index in [1.54, 1.807) is 6.20 Å². The number of para-hydroxylation sites is 1. The molecule has 12 heteroatoms. The highest BCUT2D eigenvalue weighted by Gasteiger charge is 2.30. The van der Waals surface area contributed by atoms with E-state index in [2.05, 4.69) is 20.9 Å². The number of H-pyrrole nitrogens is 1. The summed E-state index contributed by atoms with van der Waals surface area (Å²) in [6, 6.07) is 11.8. The molecule has 0 spiro atoms. The zero-order valence-corrected chi connectivity index (χ0v) is 22.7. The summed E-state index contributed by atoms with van der Waals surface area (Å²) < 4.78 is 0. The van der Waals surface area contributed by atoms with Gasteiger partial charge in [-0.15, -0.1) is 0 Å². The summed E-state index contributed by atoms with van der Waals surface area (Å²) in [6.45, 7) is -0.350. The number of benzene rings is 2. The molecule has 220 valence electrons. The minimum absolute atomic E-state index is 0.0241. The molecule has 4 atom stereocenters. The number of carbonyl (C=O) groups excluding carboxylic acids is 3. The topological polar surface area (TPSA) is 213 Å². The second kappa shape index (κ2) is 15.5. The first-order valence-corrected chi connectivity index (χ1v) is 13.5. The molecular formula is C29H38N6O6. The third kappa shape index (κ3) is 9.13. The molecule has 3 rings (SSSR count). The second-order valence-corrected chi connectivity index (χ2v) is 9.85. The molecule has 0 fully saturated rings. The smallest absolute Gasteiger partial charge is 0.326 e. The number of hydrogen-bond donors (Lipinski definition) is 8. The van der Waals surface area contributed by atoms with E-state index in [1.807, 2.05) is 54.6 Å². The van der Waals surface area contributed by atoms with Crippen LogP contribution in [0.2, 0.25) is 0 Å². The molecule has 0 radical (unpaired) electrons. The fourth-order valence-corrected chi connectivity index (χ4v) is 4.46. The zero-order chi connectivity index (χ0) is 29.8. The Balaban J connectivity index is 1.75. The number of aliphatic carboxylic acids is 1. The van der Waals surface area contributed by atoms with Crippen molar-refractivity contribution in [3.8, 4) is 0 Å². The molecule has 10 N–H and O–H groups in total. The van der Waals surface area contributed by atoms with Crippen LogP contribution in [-0.4, -0.2) is 76.2 Å². The quantitative estimate of drug-likeness (QED) is 0.110. The number of aliphatic hydroxyl groups is 1. The molecule has 2 aromatic carbocycles. The number of fused-ring (bicyclic) bond motifs is 1. The fourth-order valence-electron chi connectivity index (χ4n) is 4.46. The number of aliphatic hydroxyl groups excluding tert-OH is 1. The van der Waals surface area contributed by atoms with Crippen LogP contribution in [0.5, 0.6) is 0 Å². The summed E-state index contributed by atoms with van der Waals surface area (Å²) in [4.78, 5) is 54.1. The first kappa shape index (κ1) is 31.3. The van der Waals surface area contributed by atoms with E-state index in [9.17, 15) is 29.4 Å². The minimum atomic E-state index is -1.39. The Hall–Kier alpha value is -4.26. The van der Waals surface area contributed by atoms with Gasteiger partial charge >= 0.3 is 5.97 Å². The van der Waals surface area contributed by atoms with Gasteiger partial charge in [0.1, 0.15) is 18.1 Å². The van der Waals surface area contributed by atoms with Crippen molar-refractivity contribution in [3.05, 3.63) is 71.9 Å². The molecule has 0 aliphatic heterocycles. The van der Waals surface area contributed by atoms with Crippen molar-refractivity contribution in [2.45, 2.75) is 56.3 Å². The van der Waals surface area contributed by atoms with Crippen LogP contribution in [0.25, 0.3) is 10.9 Å². The highest BCUT2D eigenvalue weighted by Crippen LogP contribution is 2.19. The van der Waals surface area contributed by atoms with E-state index in [4.69, 9.17) is 11.5 Å². The van der Waals surface area contributed by atoms with Crippen LogP contribution in [0.3, 0.4) is 0 Å². The van der Waals surface area contributed by atoms with E-state index in [1.165, 1.54) is 0 Å². The van der Waals surface area contributed by atoms with Crippen LogP contribution in [0, 0.1) is 0 Å². The average Bonchev–Trinajstić information content (AvgIpc) is 3.37. The normalized spacial score (nSPS) is 14.0. The molecule has 0 aliphatic rings. The van der Waals surface area contributed by atoms with E-state index in [-0.39, 0.29) is 19.3 Å². The van der Waals surface area contributed by atoms with Crippen molar-refractivity contribution in [1.29, 1.82) is 0 Å². The Morgan fingerprint density at radius 1 is 0.805 bits per heavy atom. The Morgan fingerprint density at radius 2 is 1.44 bits per heavy atom. The van der Waals surface area contributed by atoms with Gasteiger partial charge in [-0.05, 0) is 49.4 Å². The SMILES string of the molecule is NCCCCC(NC(=O)C(Cc1c[nH]c2ccccc12)NC(=O)C(CO)NC(=O)C(N)Cc1ccccc1)C(=O)O. The standard InChI is InChI=1S/C29H38N6O6/c30-13-7-6-12-23(29(40)41)33-27(38)24(15-19-16-32-22-11-5-4-10-20(19)22)34-28(39)25(17-36)35-26(37)21(31)14-18-8-2-1-3-9-18/h1-5,8-11,16,21,23-25,32,36H,6-7,12-15,17,30-31H2,(H,33,38)(H,34,39)(H,35,37)(H,40,41). The number of hydrogen-bond acceptors (Lipinski definition) is 7. The average molecular weight is 567 g/mol. The van der Waals surface area contributed by atoms with Crippen molar-refractivity contribution in [2.75, 3.05) is 13.2 Å². The third-order valence-corrected chi connectivity index (χ3v) is 6.74. The fraction of sp³-hybridized carbons (Fsp3) is 0.379. The number of rotatable bonds is 16. The van der Waals surface area contributed by atoms with Crippen molar-refractivity contribution in [2.24, 2.45) is 11.5 Å². The number of carboxylic acids is 1. The van der Waals surface area contributed by atoms with Crippen LogP contribution in [0.15, 0.2) is 60.8 Å². The summed E-state index contributed by atoms with van der Waals surface area (Å²) in [5.74, 6) is -3.39. The molecule has 41 heavy (non-hydrogen) atoms. The lowest BCUT2D eigenvalue weighted by Crippen LogP contribution is -2.58. The summed E-state index contributed by atoms with van der Waals surface area (Å²) in [5.41, 5.74) is 13.9. The number of nitrogens with one attached hydrogen (secondary N) is 4. The zero-order valence-electron chi connectivity index (χ0n) is 22.7. The number of nitrogens with two attached hydrogens (primary N) is 2. The highest BCUT2D eigenvalue weighted by molar-refractivity contribution is 5.95. The summed E-state index contributed by atoms with van der Waals surface area (Å²) in [7, 11) is 0. The molecule has 0 saturated carbocycles. The molecule has 1 aromatic heterocycles. The lowest BCUT2D eigenvalue weighted by molar-refractivity contribution is -0.142. The third-order valence-electron chi connectivity index (χ3n) is 6.74. The molecule has 12 nitrogen and oxygen atoms in total. The maximum absolute atomic E-state index is 13.3. The summed E-state index contributed by atoms with van der Waals surface area (Å²) in [5, 5.41) is 27.9. The largest absolute Gasteiger partial charge is 0.480 e. The number of carbonyl (C=O) groups is 4. The molecule has 0 saturated heterocycles. The lowest BCUT2D eigenvalue weighted by Gasteiger charge is -2.24. The predicted octanol–water partition coefficient (Wildman–Crippen LogP) is -0.0593. The van der Waals surface area contributed by atoms with Gasteiger partial charge < -0.3 is 42.6 Å². The summed E-state index contributed by atoms with van der Waals surface area (Å²) >= 11 is 0. The Morgan fingerprint density at radius 3 is 2.12 bits per heavy atom. The molecule has 1 heterocycles. The van der Waals surface area contributed by atoms with Crippen LogP contribution in [0.4, 0.5) is 0 Å². The van der Waals surface area contributed by atoms with Crippen LogP contribution in [-0.2, 0) is 32.0 Å². The minimum Gasteiger partial charge on any atom is -0.480 e. The molecule has 4 unspecified atom stereocenters. The molecule has 3 amide bonds. The van der Waals surface area contributed by atoms with Gasteiger partial charge in [0, 0.05) is 23.5 Å². The van der Waals surface area contributed by atoms with Crippen LogP contribution >= 0.6 is 0 Å². The van der Waals surface area contributed by atoms with E-state index < -0.39 is 54.5 Å². The number of unbranched alkanes of at least 4 members (excludes halogenated alkanes) is 1. The maximum Gasteiger partial charge on any atom is 0.326 e. The molecule has 0 aliphatic carbocycles. The van der Waals surface area contributed by atoms with Gasteiger partial charge in [0.05, 0.1) is 12.6 Å². The van der Waals surface area contributed by atoms with Crippen LogP contribution < -0.4 is 27.4 Å². The van der Waals surface area contributed by atoms with Crippen molar-refractivity contribution in [3.63, 3.8) is 0 Å². The molecule has 3 aromatic rings. The monoisotopic (exact) mass is 566 g/mol. The van der Waals surface area contributed by atoms with Crippen molar-refractivity contribution >= 4 is 34.6 Å². The Kier molecular flexibility index (Phi) is 11.8. The second-order valence-electron chi connectivity index (χ2n) is 9.85. The van der Waals surface area contributed by atoms with Gasteiger partial charge in [0.2, 0.25) is 17.7 Å². The predicted molar refractivity (Wildman–Crippen MR) is 154 cm³/mol. The van der Waals surface area contributed by atoms with Crippen molar-refractivity contribution < 1.29 is 29.4 Å². The van der Waals surface area contributed by atoms with E-state index in [0.29, 0.717) is 24.9 Å². The Bertz CT molecular complexity index is 1310. The van der Waals surface area contributed by atoms with E-state index >= 15 is 0 Å². The van der Waals surface area contributed by atoms with E-state index in [0.717, 1.165) is 16.5 Å². The van der Waals surface area contributed by atoms with Crippen molar-refractivity contribution in [1.82, 2.24) is 20.9 Å². The lowest BCUT2D eigenvalue weighted by atomic mass is 10.0.